The largest absolute Gasteiger partial charge is 0.492 e. The van der Waals surface area contributed by atoms with Crippen LogP contribution in [0.3, 0.4) is 0 Å². The van der Waals surface area contributed by atoms with E-state index in [9.17, 15) is 4.79 Å². The number of aromatic nitrogens is 1. The van der Waals surface area contributed by atoms with Crippen LogP contribution in [0.4, 0.5) is 5.69 Å². The number of amides is 1. The summed E-state index contributed by atoms with van der Waals surface area (Å²) in [5.41, 5.74) is 8.72. The standard InChI is InChI=1S/C16H19N3O2/c1-3-21-15-7-6-12(9-13(15)17)16(20)19-10-14-11(2)5-4-8-18-14/h4-9H,3,10,17H2,1-2H3,(H,19,20). The Balaban J connectivity index is 2.04. The lowest BCUT2D eigenvalue weighted by Gasteiger charge is -2.10. The maximum atomic E-state index is 12.1. The zero-order valence-electron chi connectivity index (χ0n) is 12.2. The predicted molar refractivity (Wildman–Crippen MR) is 82.2 cm³/mol. The van der Waals surface area contributed by atoms with Crippen LogP contribution in [-0.2, 0) is 6.54 Å². The molecule has 0 saturated carbocycles. The fourth-order valence-electron chi connectivity index (χ4n) is 1.95. The minimum atomic E-state index is -0.185. The van der Waals surface area contributed by atoms with Gasteiger partial charge in [-0.15, -0.1) is 0 Å². The van der Waals surface area contributed by atoms with E-state index >= 15 is 0 Å². The van der Waals surface area contributed by atoms with Crippen molar-refractivity contribution < 1.29 is 9.53 Å². The molecule has 5 heteroatoms. The lowest BCUT2D eigenvalue weighted by atomic mass is 10.1. The van der Waals surface area contributed by atoms with Gasteiger partial charge in [0.05, 0.1) is 24.5 Å². The van der Waals surface area contributed by atoms with Crippen LogP contribution < -0.4 is 15.8 Å². The molecule has 0 fully saturated rings. The Hall–Kier alpha value is -2.56. The highest BCUT2D eigenvalue weighted by atomic mass is 16.5. The molecule has 0 atom stereocenters. The molecule has 0 aliphatic rings. The van der Waals surface area contributed by atoms with E-state index < -0.39 is 0 Å². The normalized spacial score (nSPS) is 10.2. The molecule has 2 aromatic rings. The lowest BCUT2D eigenvalue weighted by Crippen LogP contribution is -2.23. The number of anilines is 1. The number of benzene rings is 1. The topological polar surface area (TPSA) is 77.2 Å². The number of carbonyl (C=O) groups excluding carboxylic acids is 1. The van der Waals surface area contributed by atoms with Gasteiger partial charge in [-0.1, -0.05) is 6.07 Å². The van der Waals surface area contributed by atoms with Crippen LogP contribution in [0.15, 0.2) is 36.5 Å². The summed E-state index contributed by atoms with van der Waals surface area (Å²) in [5.74, 6) is 0.407. The Morgan fingerprint density at radius 3 is 2.86 bits per heavy atom. The number of nitrogens with one attached hydrogen (secondary N) is 1. The molecule has 0 radical (unpaired) electrons. The number of carbonyl (C=O) groups is 1. The average molecular weight is 285 g/mol. The Morgan fingerprint density at radius 1 is 1.38 bits per heavy atom. The number of nitrogens with two attached hydrogens (primary N) is 1. The summed E-state index contributed by atoms with van der Waals surface area (Å²) in [4.78, 5) is 16.4. The van der Waals surface area contributed by atoms with Crippen molar-refractivity contribution in [1.29, 1.82) is 0 Å². The Kier molecular flexibility index (Phi) is 4.77. The number of hydrogen-bond acceptors (Lipinski definition) is 4. The fraction of sp³-hybridized carbons (Fsp3) is 0.250. The van der Waals surface area contributed by atoms with Crippen molar-refractivity contribution in [1.82, 2.24) is 10.3 Å². The van der Waals surface area contributed by atoms with Crippen molar-refractivity contribution in [3.05, 3.63) is 53.3 Å². The first-order valence-electron chi connectivity index (χ1n) is 6.82. The van der Waals surface area contributed by atoms with Crippen molar-refractivity contribution in [2.24, 2.45) is 0 Å². The molecule has 21 heavy (non-hydrogen) atoms. The molecule has 0 saturated heterocycles. The first-order valence-corrected chi connectivity index (χ1v) is 6.82. The average Bonchev–Trinajstić information content (AvgIpc) is 2.48. The molecule has 110 valence electrons. The minimum Gasteiger partial charge on any atom is -0.492 e. The summed E-state index contributed by atoms with van der Waals surface area (Å²) in [6.07, 6.45) is 1.71. The van der Waals surface area contributed by atoms with Gasteiger partial charge in [-0.3, -0.25) is 9.78 Å². The van der Waals surface area contributed by atoms with E-state index in [4.69, 9.17) is 10.5 Å². The fourth-order valence-corrected chi connectivity index (χ4v) is 1.95. The number of nitrogens with zero attached hydrogens (tertiary/aromatic N) is 1. The third kappa shape index (κ3) is 3.72. The van der Waals surface area contributed by atoms with Crippen LogP contribution in [0.2, 0.25) is 0 Å². The van der Waals surface area contributed by atoms with Gasteiger partial charge in [0.25, 0.3) is 5.91 Å². The van der Waals surface area contributed by atoms with Gasteiger partial charge in [-0.05, 0) is 43.7 Å². The van der Waals surface area contributed by atoms with E-state index in [2.05, 4.69) is 10.3 Å². The summed E-state index contributed by atoms with van der Waals surface area (Å²) < 4.78 is 5.35. The number of nitrogen functional groups attached to an aromatic ring is 1. The molecular formula is C16H19N3O2. The van der Waals surface area contributed by atoms with Gasteiger partial charge in [0, 0.05) is 11.8 Å². The van der Waals surface area contributed by atoms with Gasteiger partial charge in [0.15, 0.2) is 0 Å². The molecule has 2 rings (SSSR count). The second kappa shape index (κ2) is 6.74. The molecule has 0 unspecified atom stereocenters. The second-order valence-corrected chi connectivity index (χ2v) is 4.64. The van der Waals surface area contributed by atoms with Gasteiger partial charge < -0.3 is 15.8 Å². The summed E-state index contributed by atoms with van der Waals surface area (Å²) in [6, 6.07) is 8.85. The maximum Gasteiger partial charge on any atom is 0.251 e. The van der Waals surface area contributed by atoms with E-state index in [0.717, 1.165) is 11.3 Å². The van der Waals surface area contributed by atoms with Crippen LogP contribution in [0.5, 0.6) is 5.75 Å². The number of rotatable bonds is 5. The third-order valence-electron chi connectivity index (χ3n) is 3.11. The van der Waals surface area contributed by atoms with Gasteiger partial charge in [0.2, 0.25) is 0 Å². The smallest absolute Gasteiger partial charge is 0.251 e. The summed E-state index contributed by atoms with van der Waals surface area (Å²) >= 11 is 0. The molecule has 0 spiro atoms. The van der Waals surface area contributed by atoms with Crippen LogP contribution in [0, 0.1) is 6.92 Å². The van der Waals surface area contributed by atoms with Crippen molar-refractivity contribution in [3.8, 4) is 5.75 Å². The molecule has 1 heterocycles. The SMILES string of the molecule is CCOc1ccc(C(=O)NCc2ncccc2C)cc1N. The number of pyridine rings is 1. The Morgan fingerprint density at radius 2 is 2.19 bits per heavy atom. The van der Waals surface area contributed by atoms with E-state index in [-0.39, 0.29) is 5.91 Å². The molecular weight excluding hydrogens is 266 g/mol. The number of aryl methyl sites for hydroxylation is 1. The highest BCUT2D eigenvalue weighted by molar-refractivity contribution is 5.95. The quantitative estimate of drug-likeness (QED) is 0.826. The second-order valence-electron chi connectivity index (χ2n) is 4.64. The lowest BCUT2D eigenvalue weighted by molar-refractivity contribution is 0.0950. The summed E-state index contributed by atoms with van der Waals surface area (Å²) in [5, 5.41) is 2.84. The molecule has 0 aliphatic carbocycles. The zero-order valence-corrected chi connectivity index (χ0v) is 12.2. The van der Waals surface area contributed by atoms with Crippen molar-refractivity contribution in [2.45, 2.75) is 20.4 Å². The van der Waals surface area contributed by atoms with Gasteiger partial charge in [-0.2, -0.15) is 0 Å². The minimum absolute atomic E-state index is 0.185. The van der Waals surface area contributed by atoms with Crippen LogP contribution in [-0.4, -0.2) is 17.5 Å². The van der Waals surface area contributed by atoms with E-state index in [1.807, 2.05) is 26.0 Å². The molecule has 1 aromatic carbocycles. The molecule has 0 bridgehead atoms. The maximum absolute atomic E-state index is 12.1. The van der Waals surface area contributed by atoms with Gasteiger partial charge >= 0.3 is 0 Å². The van der Waals surface area contributed by atoms with Crippen LogP contribution in [0.1, 0.15) is 28.5 Å². The monoisotopic (exact) mass is 285 g/mol. The number of ether oxygens (including phenoxy) is 1. The first-order chi connectivity index (χ1) is 10.1. The molecule has 0 aliphatic heterocycles. The van der Waals surface area contributed by atoms with Crippen molar-refractivity contribution in [3.63, 3.8) is 0 Å². The molecule has 5 nitrogen and oxygen atoms in total. The zero-order chi connectivity index (χ0) is 15.2. The van der Waals surface area contributed by atoms with E-state index in [1.165, 1.54) is 0 Å². The van der Waals surface area contributed by atoms with E-state index in [0.29, 0.717) is 30.2 Å². The predicted octanol–water partition coefficient (Wildman–Crippen LogP) is 2.30. The van der Waals surface area contributed by atoms with E-state index in [1.54, 1.807) is 24.4 Å². The highest BCUT2D eigenvalue weighted by Gasteiger charge is 2.09. The van der Waals surface area contributed by atoms with Gasteiger partial charge in [-0.25, -0.2) is 0 Å². The number of hydrogen-bond donors (Lipinski definition) is 2. The summed E-state index contributed by atoms with van der Waals surface area (Å²) in [6.45, 7) is 4.77. The Bertz CT molecular complexity index is 641. The molecule has 3 N–H and O–H groups in total. The first kappa shape index (κ1) is 14.8. The van der Waals surface area contributed by atoms with Crippen molar-refractivity contribution in [2.75, 3.05) is 12.3 Å². The Labute approximate surface area is 124 Å². The van der Waals surface area contributed by atoms with Crippen molar-refractivity contribution >= 4 is 11.6 Å². The third-order valence-corrected chi connectivity index (χ3v) is 3.11. The van der Waals surface area contributed by atoms with Gasteiger partial charge in [0.1, 0.15) is 5.75 Å². The molecule has 1 aromatic heterocycles. The van der Waals surface area contributed by atoms with Crippen LogP contribution in [0.25, 0.3) is 0 Å². The molecule has 1 amide bonds. The summed E-state index contributed by atoms with van der Waals surface area (Å²) in [7, 11) is 0. The van der Waals surface area contributed by atoms with Crippen LogP contribution >= 0.6 is 0 Å². The highest BCUT2D eigenvalue weighted by Crippen LogP contribution is 2.22.